The molecule has 0 saturated carbocycles. The van der Waals surface area contributed by atoms with Crippen molar-refractivity contribution < 1.29 is 14.6 Å². The molecule has 0 aliphatic carbocycles. The van der Waals surface area contributed by atoms with Crippen LogP contribution in [0.15, 0.2) is 54.6 Å². The Morgan fingerprint density at radius 1 is 1.17 bits per heavy atom. The van der Waals surface area contributed by atoms with E-state index in [4.69, 9.17) is 9.47 Å². The maximum atomic E-state index is 10.9. The third-order valence-corrected chi connectivity index (χ3v) is 4.51. The van der Waals surface area contributed by atoms with E-state index in [9.17, 15) is 5.11 Å². The molecule has 4 heteroatoms. The van der Waals surface area contributed by atoms with Gasteiger partial charge in [-0.3, -0.25) is 4.90 Å². The van der Waals surface area contributed by atoms with E-state index < -0.39 is 5.79 Å². The van der Waals surface area contributed by atoms with Gasteiger partial charge in [-0.05, 0) is 43.8 Å². The molecule has 1 fully saturated rings. The third kappa shape index (κ3) is 3.39. The van der Waals surface area contributed by atoms with Crippen LogP contribution in [0.1, 0.15) is 18.1 Å². The van der Waals surface area contributed by atoms with Crippen molar-refractivity contribution in [3.63, 3.8) is 0 Å². The van der Waals surface area contributed by atoms with Crippen molar-refractivity contribution in [1.29, 1.82) is 0 Å². The monoisotopic (exact) mass is 313 g/mol. The van der Waals surface area contributed by atoms with Crippen molar-refractivity contribution in [2.45, 2.75) is 25.4 Å². The molecule has 1 aliphatic rings. The quantitative estimate of drug-likeness (QED) is 0.942. The van der Waals surface area contributed by atoms with Crippen molar-refractivity contribution >= 4 is 0 Å². The molecule has 2 unspecified atom stereocenters. The zero-order valence-corrected chi connectivity index (χ0v) is 13.6. The topological polar surface area (TPSA) is 41.9 Å². The summed E-state index contributed by atoms with van der Waals surface area (Å²) in [5.74, 6) is -0.497. The molecule has 3 rings (SSSR count). The first kappa shape index (κ1) is 16.0. The van der Waals surface area contributed by atoms with Crippen LogP contribution in [-0.4, -0.2) is 36.2 Å². The van der Waals surface area contributed by atoms with Gasteiger partial charge in [-0.1, -0.05) is 30.3 Å². The zero-order chi connectivity index (χ0) is 16.3. The van der Waals surface area contributed by atoms with Crippen molar-refractivity contribution in [3.8, 4) is 5.75 Å². The first-order chi connectivity index (χ1) is 11.1. The van der Waals surface area contributed by atoms with Crippen LogP contribution in [-0.2, 0) is 17.1 Å². The lowest BCUT2D eigenvalue weighted by molar-refractivity contribution is -0.271. The smallest absolute Gasteiger partial charge is 0.208 e. The average molecular weight is 313 g/mol. The molecule has 4 nitrogen and oxygen atoms in total. The Hall–Kier alpha value is -1.88. The summed E-state index contributed by atoms with van der Waals surface area (Å²) in [4.78, 5) is 2.10. The summed E-state index contributed by atoms with van der Waals surface area (Å²) in [7, 11) is 2.00. The number of morpholine rings is 1. The Morgan fingerprint density at radius 3 is 2.57 bits per heavy atom. The number of aliphatic hydroxyl groups is 1. The van der Waals surface area contributed by atoms with Crippen LogP contribution < -0.4 is 4.74 Å². The SMILES string of the molecule is CC1N(C)CCOC1(O)c1ccc(OCc2ccccc2)cc1. The van der Waals surface area contributed by atoms with Gasteiger partial charge in [-0.2, -0.15) is 0 Å². The number of rotatable bonds is 4. The highest BCUT2D eigenvalue weighted by Gasteiger charge is 2.42. The number of likely N-dealkylation sites (N-methyl/N-ethyl adjacent to an activating group) is 1. The van der Waals surface area contributed by atoms with E-state index >= 15 is 0 Å². The second-order valence-corrected chi connectivity index (χ2v) is 6.00. The Morgan fingerprint density at radius 2 is 1.87 bits per heavy atom. The Bertz CT molecular complexity index is 629. The molecule has 0 radical (unpaired) electrons. The van der Waals surface area contributed by atoms with Gasteiger partial charge in [0.25, 0.3) is 0 Å². The molecule has 0 aromatic heterocycles. The lowest BCUT2D eigenvalue weighted by atomic mass is 9.96. The summed E-state index contributed by atoms with van der Waals surface area (Å²) in [6, 6.07) is 17.4. The molecule has 1 aliphatic heterocycles. The van der Waals surface area contributed by atoms with Gasteiger partial charge in [-0.25, -0.2) is 0 Å². The van der Waals surface area contributed by atoms with Crippen molar-refractivity contribution in [3.05, 3.63) is 65.7 Å². The van der Waals surface area contributed by atoms with E-state index in [1.54, 1.807) is 0 Å². The van der Waals surface area contributed by atoms with E-state index in [0.29, 0.717) is 13.2 Å². The molecule has 1 N–H and O–H groups in total. The summed E-state index contributed by atoms with van der Waals surface area (Å²) in [6.45, 7) is 3.84. The number of ether oxygens (including phenoxy) is 2. The second kappa shape index (κ2) is 6.71. The van der Waals surface area contributed by atoms with E-state index in [-0.39, 0.29) is 6.04 Å². The second-order valence-electron chi connectivity index (χ2n) is 6.00. The van der Waals surface area contributed by atoms with E-state index in [1.165, 1.54) is 0 Å². The maximum Gasteiger partial charge on any atom is 0.208 e. The summed E-state index contributed by atoms with van der Waals surface area (Å²) < 4.78 is 11.5. The number of nitrogens with zero attached hydrogens (tertiary/aromatic N) is 1. The molecule has 1 saturated heterocycles. The fourth-order valence-corrected chi connectivity index (χ4v) is 2.81. The molecule has 2 atom stereocenters. The van der Waals surface area contributed by atoms with Gasteiger partial charge >= 0.3 is 0 Å². The van der Waals surface area contributed by atoms with Gasteiger partial charge in [0, 0.05) is 12.1 Å². The first-order valence-electron chi connectivity index (χ1n) is 7.93. The average Bonchev–Trinajstić information content (AvgIpc) is 2.59. The largest absolute Gasteiger partial charge is 0.489 e. The summed E-state index contributed by atoms with van der Waals surface area (Å²) in [5, 5.41) is 10.9. The minimum atomic E-state index is -1.27. The highest BCUT2D eigenvalue weighted by atomic mass is 16.6. The predicted octanol–water partition coefficient (Wildman–Crippen LogP) is 2.76. The standard InChI is InChI=1S/C19H23NO3/c1-15-19(21,23-13-12-20(15)2)17-8-10-18(11-9-17)22-14-16-6-4-3-5-7-16/h3-11,15,21H,12-14H2,1-2H3. The molecule has 23 heavy (non-hydrogen) atoms. The van der Waals surface area contributed by atoms with Crippen LogP contribution in [0.25, 0.3) is 0 Å². The van der Waals surface area contributed by atoms with Crippen LogP contribution in [0.5, 0.6) is 5.75 Å². The fraction of sp³-hybridized carbons (Fsp3) is 0.368. The van der Waals surface area contributed by atoms with Gasteiger partial charge in [0.2, 0.25) is 5.79 Å². The highest BCUT2D eigenvalue weighted by Crippen LogP contribution is 2.33. The van der Waals surface area contributed by atoms with Crippen LogP contribution in [0.2, 0.25) is 0 Å². The summed E-state index contributed by atoms with van der Waals surface area (Å²) in [5.41, 5.74) is 1.88. The van der Waals surface area contributed by atoms with E-state index in [0.717, 1.165) is 23.4 Å². The van der Waals surface area contributed by atoms with Gasteiger partial charge in [0.05, 0.1) is 12.6 Å². The summed E-state index contributed by atoms with van der Waals surface area (Å²) in [6.07, 6.45) is 0. The van der Waals surface area contributed by atoms with Gasteiger partial charge in [0.15, 0.2) is 0 Å². The van der Waals surface area contributed by atoms with E-state index in [1.807, 2.05) is 68.6 Å². The molecule has 1 heterocycles. The Kier molecular flexibility index (Phi) is 4.66. The van der Waals surface area contributed by atoms with Crippen molar-refractivity contribution in [2.75, 3.05) is 20.2 Å². The fourth-order valence-electron chi connectivity index (χ4n) is 2.81. The highest BCUT2D eigenvalue weighted by molar-refractivity contribution is 5.31. The Balaban J connectivity index is 1.69. The number of hydrogen-bond donors (Lipinski definition) is 1. The maximum absolute atomic E-state index is 10.9. The first-order valence-corrected chi connectivity index (χ1v) is 7.93. The minimum absolute atomic E-state index is 0.104. The van der Waals surface area contributed by atoms with E-state index in [2.05, 4.69) is 4.90 Å². The van der Waals surface area contributed by atoms with Gasteiger partial charge in [-0.15, -0.1) is 0 Å². The van der Waals surface area contributed by atoms with Gasteiger partial charge < -0.3 is 14.6 Å². The van der Waals surface area contributed by atoms with Crippen molar-refractivity contribution in [1.82, 2.24) is 4.90 Å². The predicted molar refractivity (Wildman–Crippen MR) is 89.2 cm³/mol. The molecule has 122 valence electrons. The van der Waals surface area contributed by atoms with Crippen LogP contribution in [0.4, 0.5) is 0 Å². The van der Waals surface area contributed by atoms with Crippen molar-refractivity contribution in [2.24, 2.45) is 0 Å². The van der Waals surface area contributed by atoms with Crippen LogP contribution >= 0.6 is 0 Å². The summed E-state index contributed by atoms with van der Waals surface area (Å²) >= 11 is 0. The normalized spacial score (nSPS) is 25.3. The van der Waals surface area contributed by atoms with Crippen LogP contribution in [0.3, 0.4) is 0 Å². The van der Waals surface area contributed by atoms with Crippen LogP contribution in [0, 0.1) is 0 Å². The van der Waals surface area contributed by atoms with Gasteiger partial charge in [0.1, 0.15) is 12.4 Å². The molecule has 0 bridgehead atoms. The third-order valence-electron chi connectivity index (χ3n) is 4.51. The Labute approximate surface area is 137 Å². The molecule has 0 spiro atoms. The lowest BCUT2D eigenvalue weighted by Crippen LogP contribution is -2.55. The molecular weight excluding hydrogens is 290 g/mol. The molecular formula is C19H23NO3. The number of benzene rings is 2. The molecule has 2 aromatic carbocycles. The zero-order valence-electron chi connectivity index (χ0n) is 13.6. The molecule has 2 aromatic rings. The molecule has 0 amide bonds. The lowest BCUT2D eigenvalue weighted by Gasteiger charge is -2.43. The minimum Gasteiger partial charge on any atom is -0.489 e. The number of hydrogen-bond acceptors (Lipinski definition) is 4.